The molecule has 0 saturated carbocycles. The fourth-order valence-corrected chi connectivity index (χ4v) is 3.84. The summed E-state index contributed by atoms with van der Waals surface area (Å²) in [7, 11) is -3.50. The molecule has 0 atom stereocenters. The van der Waals surface area contributed by atoms with Crippen molar-refractivity contribution in [1.82, 2.24) is 0 Å². The van der Waals surface area contributed by atoms with Crippen molar-refractivity contribution in [3.63, 3.8) is 0 Å². The Balaban J connectivity index is 2.03. The van der Waals surface area contributed by atoms with Crippen LogP contribution < -0.4 is 9.62 Å². The Morgan fingerprint density at radius 2 is 1.85 bits per heavy atom. The summed E-state index contributed by atoms with van der Waals surface area (Å²) in [5.41, 5.74) is 1.84. The summed E-state index contributed by atoms with van der Waals surface area (Å²) >= 11 is 12.0. The molecule has 0 radical (unpaired) electrons. The van der Waals surface area contributed by atoms with Gasteiger partial charge < -0.3 is 5.32 Å². The summed E-state index contributed by atoms with van der Waals surface area (Å²) in [4.78, 5) is 12.1. The van der Waals surface area contributed by atoms with E-state index in [0.717, 1.165) is 11.8 Å². The van der Waals surface area contributed by atoms with Gasteiger partial charge >= 0.3 is 0 Å². The zero-order valence-corrected chi connectivity index (χ0v) is 16.8. The topological polar surface area (TPSA) is 66.5 Å². The first-order chi connectivity index (χ1) is 12.2. The number of carbonyl (C=O) groups excluding carboxylic acids is 1. The van der Waals surface area contributed by atoms with Crippen LogP contribution in [-0.4, -0.2) is 27.1 Å². The molecule has 0 aliphatic heterocycles. The molecule has 0 aliphatic carbocycles. The smallest absolute Gasteiger partial charge is 0.232 e. The fourth-order valence-electron chi connectivity index (χ4n) is 2.47. The molecule has 0 heterocycles. The quantitative estimate of drug-likeness (QED) is 0.725. The molecule has 1 amide bonds. The van der Waals surface area contributed by atoms with Gasteiger partial charge in [-0.05, 0) is 43.2 Å². The second-order valence-corrected chi connectivity index (χ2v) is 8.65. The fraction of sp³-hybridized carbons (Fsp3) is 0.278. The van der Waals surface area contributed by atoms with Crippen LogP contribution in [-0.2, 0) is 14.8 Å². The normalized spacial score (nSPS) is 11.2. The lowest BCUT2D eigenvalue weighted by atomic mass is 10.2. The highest BCUT2D eigenvalue weighted by molar-refractivity contribution is 7.92. The van der Waals surface area contributed by atoms with Crippen LogP contribution in [0.5, 0.6) is 0 Å². The van der Waals surface area contributed by atoms with E-state index in [9.17, 15) is 13.2 Å². The van der Waals surface area contributed by atoms with Gasteiger partial charge in [-0.3, -0.25) is 9.10 Å². The number of amides is 1. The van der Waals surface area contributed by atoms with Crippen LogP contribution in [0, 0.1) is 6.92 Å². The van der Waals surface area contributed by atoms with E-state index in [-0.39, 0.29) is 18.9 Å². The van der Waals surface area contributed by atoms with Gasteiger partial charge in [0.15, 0.2) is 0 Å². The van der Waals surface area contributed by atoms with Gasteiger partial charge in [0.1, 0.15) is 0 Å². The van der Waals surface area contributed by atoms with E-state index < -0.39 is 10.0 Å². The summed E-state index contributed by atoms with van der Waals surface area (Å²) in [5.74, 6) is -0.227. The van der Waals surface area contributed by atoms with Gasteiger partial charge in [0, 0.05) is 18.0 Å². The molecule has 1 N–H and O–H groups in total. The zero-order chi connectivity index (χ0) is 19.3. The van der Waals surface area contributed by atoms with Gasteiger partial charge in [-0.1, -0.05) is 41.4 Å². The van der Waals surface area contributed by atoms with E-state index in [1.54, 1.807) is 42.5 Å². The van der Waals surface area contributed by atoms with Crippen LogP contribution in [0.3, 0.4) is 0 Å². The highest BCUT2D eigenvalue weighted by Crippen LogP contribution is 2.27. The van der Waals surface area contributed by atoms with Gasteiger partial charge in [0.05, 0.1) is 22.7 Å². The van der Waals surface area contributed by atoms with Gasteiger partial charge in [0.25, 0.3) is 0 Å². The van der Waals surface area contributed by atoms with Gasteiger partial charge in [-0.25, -0.2) is 8.42 Å². The minimum Gasteiger partial charge on any atom is -0.325 e. The van der Waals surface area contributed by atoms with E-state index in [4.69, 9.17) is 23.2 Å². The van der Waals surface area contributed by atoms with Crippen LogP contribution >= 0.6 is 23.2 Å². The van der Waals surface area contributed by atoms with Crippen molar-refractivity contribution in [3.05, 3.63) is 58.1 Å². The number of nitrogens with one attached hydrogen (secondary N) is 1. The highest BCUT2D eigenvalue weighted by Gasteiger charge is 2.19. The molecule has 8 heteroatoms. The Kier molecular flexibility index (Phi) is 6.92. The summed E-state index contributed by atoms with van der Waals surface area (Å²) in [6, 6.07) is 12.0. The van der Waals surface area contributed by atoms with Gasteiger partial charge in [-0.2, -0.15) is 0 Å². The number of para-hydroxylation sites is 1. The van der Waals surface area contributed by atoms with Crippen molar-refractivity contribution < 1.29 is 13.2 Å². The molecule has 0 aliphatic rings. The number of benzene rings is 2. The van der Waals surface area contributed by atoms with Crippen molar-refractivity contribution in [2.75, 3.05) is 22.4 Å². The summed E-state index contributed by atoms with van der Waals surface area (Å²) in [6.45, 7) is 1.99. The Hall–Kier alpha value is -1.76. The molecular formula is C18H20Cl2N2O3S. The third-order valence-corrected chi connectivity index (χ3v) is 5.50. The third kappa shape index (κ3) is 5.62. The SMILES string of the molecule is Cc1ccc(Cl)cc1N(CCCC(=O)Nc1ccccc1Cl)S(C)(=O)=O. The molecule has 0 unspecified atom stereocenters. The predicted molar refractivity (Wildman–Crippen MR) is 108 cm³/mol. The first kappa shape index (κ1) is 20.6. The average Bonchev–Trinajstić information content (AvgIpc) is 2.55. The Morgan fingerprint density at radius 1 is 1.15 bits per heavy atom. The van der Waals surface area contributed by atoms with Gasteiger partial charge in [0.2, 0.25) is 15.9 Å². The van der Waals surface area contributed by atoms with Crippen molar-refractivity contribution in [3.8, 4) is 0 Å². The van der Waals surface area contributed by atoms with E-state index in [1.165, 1.54) is 4.31 Å². The van der Waals surface area contributed by atoms with Crippen molar-refractivity contribution in [2.24, 2.45) is 0 Å². The molecule has 0 aromatic heterocycles. The molecule has 0 fully saturated rings. The number of hydrogen-bond donors (Lipinski definition) is 1. The Bertz CT molecular complexity index is 901. The average molecular weight is 415 g/mol. The van der Waals surface area contributed by atoms with E-state index >= 15 is 0 Å². The maximum absolute atomic E-state index is 12.2. The first-order valence-electron chi connectivity index (χ1n) is 7.97. The number of sulfonamides is 1. The standard InChI is InChI=1S/C18H20Cl2N2O3S/c1-13-9-10-14(19)12-17(13)22(26(2,24)25)11-5-8-18(23)21-16-7-4-3-6-15(16)20/h3-4,6-7,9-10,12H,5,8,11H2,1-2H3,(H,21,23). The van der Waals surface area contributed by atoms with Crippen LogP contribution in [0.1, 0.15) is 18.4 Å². The minimum atomic E-state index is -3.50. The lowest BCUT2D eigenvalue weighted by Gasteiger charge is -2.24. The van der Waals surface area contributed by atoms with Crippen LogP contribution in [0.4, 0.5) is 11.4 Å². The Morgan fingerprint density at radius 3 is 2.50 bits per heavy atom. The molecule has 5 nitrogen and oxygen atoms in total. The molecular weight excluding hydrogens is 395 g/mol. The molecule has 0 spiro atoms. The van der Waals surface area contributed by atoms with Crippen LogP contribution in [0.2, 0.25) is 10.0 Å². The van der Waals surface area contributed by atoms with Crippen LogP contribution in [0.25, 0.3) is 0 Å². The number of anilines is 2. The van der Waals surface area contributed by atoms with Crippen LogP contribution in [0.15, 0.2) is 42.5 Å². The van der Waals surface area contributed by atoms with E-state index in [1.807, 2.05) is 6.92 Å². The molecule has 2 aromatic carbocycles. The number of rotatable bonds is 7. The van der Waals surface area contributed by atoms with E-state index in [0.29, 0.717) is 27.8 Å². The Labute approximate surface area is 164 Å². The highest BCUT2D eigenvalue weighted by atomic mass is 35.5. The van der Waals surface area contributed by atoms with E-state index in [2.05, 4.69) is 5.32 Å². The van der Waals surface area contributed by atoms with Crippen molar-refractivity contribution in [1.29, 1.82) is 0 Å². The van der Waals surface area contributed by atoms with Crippen molar-refractivity contribution >= 4 is 50.5 Å². The third-order valence-electron chi connectivity index (χ3n) is 3.75. The molecule has 2 rings (SSSR count). The monoisotopic (exact) mass is 414 g/mol. The second kappa shape index (κ2) is 8.75. The molecule has 2 aromatic rings. The summed E-state index contributed by atoms with van der Waals surface area (Å²) in [6.07, 6.45) is 1.66. The lowest BCUT2D eigenvalue weighted by Crippen LogP contribution is -2.32. The number of aryl methyl sites for hydroxylation is 1. The van der Waals surface area contributed by atoms with Crippen molar-refractivity contribution in [2.45, 2.75) is 19.8 Å². The second-order valence-electron chi connectivity index (χ2n) is 5.90. The number of carbonyl (C=O) groups is 1. The maximum atomic E-state index is 12.2. The molecule has 0 bridgehead atoms. The molecule has 26 heavy (non-hydrogen) atoms. The molecule has 140 valence electrons. The predicted octanol–water partition coefficient (Wildman–Crippen LogP) is 4.49. The zero-order valence-electron chi connectivity index (χ0n) is 14.5. The van der Waals surface area contributed by atoms with Gasteiger partial charge in [-0.15, -0.1) is 0 Å². The number of halogens is 2. The first-order valence-corrected chi connectivity index (χ1v) is 10.6. The lowest BCUT2D eigenvalue weighted by molar-refractivity contribution is -0.116. The number of nitrogens with zero attached hydrogens (tertiary/aromatic N) is 1. The minimum absolute atomic E-state index is 0.164. The summed E-state index contributed by atoms with van der Waals surface area (Å²) < 4.78 is 25.6. The number of hydrogen-bond acceptors (Lipinski definition) is 3. The summed E-state index contributed by atoms with van der Waals surface area (Å²) in [5, 5.41) is 3.63. The largest absolute Gasteiger partial charge is 0.325 e. The maximum Gasteiger partial charge on any atom is 0.232 e. The molecule has 0 saturated heterocycles.